The molecule has 2 N–H and O–H groups in total. The topological polar surface area (TPSA) is 41.1 Å². The first-order chi connectivity index (χ1) is 10.0. The molecule has 0 aliphatic carbocycles. The number of halogens is 2. The molecule has 1 aliphatic rings. The highest BCUT2D eigenvalue weighted by atomic mass is 35.5. The number of anilines is 1. The zero-order valence-electron chi connectivity index (χ0n) is 11.4. The average Bonchev–Trinajstić information content (AvgIpc) is 2.75. The SMILES string of the molecule is CC(NC1C(=O)Nc2ccc(F)cc21)c1cccc(Cl)c1. The van der Waals surface area contributed by atoms with Crippen molar-refractivity contribution in [3.63, 3.8) is 0 Å². The number of nitrogens with one attached hydrogen (secondary N) is 2. The van der Waals surface area contributed by atoms with Gasteiger partial charge in [-0.05, 0) is 42.8 Å². The molecular formula is C16H14ClFN2O. The van der Waals surface area contributed by atoms with Crippen molar-refractivity contribution in [1.29, 1.82) is 0 Å². The summed E-state index contributed by atoms with van der Waals surface area (Å²) in [5, 5.41) is 6.61. The Morgan fingerprint density at radius 1 is 1.29 bits per heavy atom. The smallest absolute Gasteiger partial charge is 0.246 e. The highest BCUT2D eigenvalue weighted by Gasteiger charge is 2.31. The second-order valence-electron chi connectivity index (χ2n) is 5.10. The molecule has 2 unspecified atom stereocenters. The van der Waals surface area contributed by atoms with Crippen LogP contribution in [0.25, 0.3) is 0 Å². The summed E-state index contributed by atoms with van der Waals surface area (Å²) in [5.41, 5.74) is 2.26. The van der Waals surface area contributed by atoms with Crippen LogP contribution in [0.5, 0.6) is 0 Å². The second kappa shape index (κ2) is 5.47. The molecular weight excluding hydrogens is 291 g/mol. The van der Waals surface area contributed by atoms with E-state index >= 15 is 0 Å². The number of benzene rings is 2. The van der Waals surface area contributed by atoms with Crippen molar-refractivity contribution in [2.45, 2.75) is 19.0 Å². The Morgan fingerprint density at radius 2 is 2.10 bits per heavy atom. The molecule has 2 aromatic carbocycles. The summed E-state index contributed by atoms with van der Waals surface area (Å²) in [7, 11) is 0. The molecule has 0 fully saturated rings. The van der Waals surface area contributed by atoms with Crippen LogP contribution in [0, 0.1) is 5.82 Å². The number of hydrogen-bond donors (Lipinski definition) is 2. The van der Waals surface area contributed by atoms with Gasteiger partial charge in [0, 0.05) is 22.3 Å². The fraction of sp³-hybridized carbons (Fsp3) is 0.188. The summed E-state index contributed by atoms with van der Waals surface area (Å²) in [6.07, 6.45) is 0. The van der Waals surface area contributed by atoms with Crippen molar-refractivity contribution in [3.8, 4) is 0 Å². The van der Waals surface area contributed by atoms with Gasteiger partial charge in [-0.3, -0.25) is 10.1 Å². The molecule has 21 heavy (non-hydrogen) atoms. The van der Waals surface area contributed by atoms with E-state index < -0.39 is 6.04 Å². The van der Waals surface area contributed by atoms with Crippen LogP contribution >= 0.6 is 11.6 Å². The van der Waals surface area contributed by atoms with Crippen LogP contribution in [0.4, 0.5) is 10.1 Å². The highest BCUT2D eigenvalue weighted by molar-refractivity contribution is 6.30. The first-order valence-corrected chi connectivity index (χ1v) is 7.04. The monoisotopic (exact) mass is 304 g/mol. The highest BCUT2D eigenvalue weighted by Crippen LogP contribution is 2.33. The maximum Gasteiger partial charge on any atom is 0.246 e. The lowest BCUT2D eigenvalue weighted by molar-refractivity contribution is -0.117. The third-order valence-electron chi connectivity index (χ3n) is 3.61. The van der Waals surface area contributed by atoms with Gasteiger partial charge in [-0.2, -0.15) is 0 Å². The summed E-state index contributed by atoms with van der Waals surface area (Å²) < 4.78 is 13.4. The van der Waals surface area contributed by atoms with Gasteiger partial charge < -0.3 is 5.32 Å². The summed E-state index contributed by atoms with van der Waals surface area (Å²) in [5.74, 6) is -0.531. The molecule has 0 bridgehead atoms. The summed E-state index contributed by atoms with van der Waals surface area (Å²) in [4.78, 5) is 12.1. The van der Waals surface area contributed by atoms with Gasteiger partial charge in [0.05, 0.1) is 0 Å². The van der Waals surface area contributed by atoms with Crippen LogP contribution in [-0.4, -0.2) is 5.91 Å². The Balaban J connectivity index is 1.85. The van der Waals surface area contributed by atoms with E-state index in [1.165, 1.54) is 12.1 Å². The lowest BCUT2D eigenvalue weighted by atomic mass is 10.0. The van der Waals surface area contributed by atoms with Gasteiger partial charge in [-0.1, -0.05) is 23.7 Å². The largest absolute Gasteiger partial charge is 0.324 e. The first kappa shape index (κ1) is 14.0. The van der Waals surface area contributed by atoms with Crippen molar-refractivity contribution in [2.75, 3.05) is 5.32 Å². The Kier molecular flexibility index (Phi) is 3.66. The molecule has 0 radical (unpaired) electrons. The molecule has 2 atom stereocenters. The van der Waals surface area contributed by atoms with Crippen LogP contribution in [0.15, 0.2) is 42.5 Å². The fourth-order valence-electron chi connectivity index (χ4n) is 2.52. The van der Waals surface area contributed by atoms with Crippen LogP contribution in [-0.2, 0) is 4.79 Å². The zero-order valence-corrected chi connectivity index (χ0v) is 12.1. The van der Waals surface area contributed by atoms with Crippen LogP contribution in [0.3, 0.4) is 0 Å². The average molecular weight is 305 g/mol. The number of rotatable bonds is 3. The fourth-order valence-corrected chi connectivity index (χ4v) is 2.72. The molecule has 3 rings (SSSR count). The van der Waals surface area contributed by atoms with Gasteiger partial charge in [-0.15, -0.1) is 0 Å². The predicted octanol–water partition coefficient (Wildman–Crippen LogP) is 3.82. The van der Waals surface area contributed by atoms with E-state index in [0.717, 1.165) is 5.56 Å². The van der Waals surface area contributed by atoms with Gasteiger partial charge in [0.2, 0.25) is 5.91 Å². The quantitative estimate of drug-likeness (QED) is 0.905. The molecule has 2 aromatic rings. The Labute approximate surface area is 127 Å². The van der Waals surface area contributed by atoms with E-state index in [1.807, 2.05) is 25.1 Å². The van der Waals surface area contributed by atoms with E-state index in [0.29, 0.717) is 16.3 Å². The van der Waals surface area contributed by atoms with Crippen molar-refractivity contribution in [1.82, 2.24) is 5.32 Å². The molecule has 1 amide bonds. The van der Waals surface area contributed by atoms with E-state index in [1.54, 1.807) is 12.1 Å². The van der Waals surface area contributed by atoms with Gasteiger partial charge in [0.25, 0.3) is 0 Å². The van der Waals surface area contributed by atoms with E-state index in [-0.39, 0.29) is 17.8 Å². The Morgan fingerprint density at radius 3 is 2.86 bits per heavy atom. The minimum Gasteiger partial charge on any atom is -0.324 e. The van der Waals surface area contributed by atoms with E-state index in [9.17, 15) is 9.18 Å². The maximum absolute atomic E-state index is 13.4. The van der Waals surface area contributed by atoms with Crippen molar-refractivity contribution < 1.29 is 9.18 Å². The van der Waals surface area contributed by atoms with Crippen molar-refractivity contribution in [2.24, 2.45) is 0 Å². The molecule has 0 spiro atoms. The van der Waals surface area contributed by atoms with E-state index in [2.05, 4.69) is 10.6 Å². The number of fused-ring (bicyclic) bond motifs is 1. The van der Waals surface area contributed by atoms with Crippen LogP contribution < -0.4 is 10.6 Å². The Hall–Kier alpha value is -1.91. The van der Waals surface area contributed by atoms with Gasteiger partial charge >= 0.3 is 0 Å². The molecule has 0 saturated carbocycles. The lowest BCUT2D eigenvalue weighted by Crippen LogP contribution is -2.29. The molecule has 1 aliphatic heterocycles. The molecule has 0 aromatic heterocycles. The Bertz CT molecular complexity index is 704. The minimum atomic E-state index is -0.565. The number of carbonyl (C=O) groups excluding carboxylic acids is 1. The van der Waals surface area contributed by atoms with Gasteiger partial charge in [-0.25, -0.2) is 4.39 Å². The summed E-state index contributed by atoms with van der Waals surface area (Å²) in [6.45, 7) is 1.94. The lowest BCUT2D eigenvalue weighted by Gasteiger charge is -2.19. The minimum absolute atomic E-state index is 0.0892. The normalized spacial score (nSPS) is 18.2. The zero-order chi connectivity index (χ0) is 15.0. The predicted molar refractivity (Wildman–Crippen MR) is 80.8 cm³/mol. The molecule has 1 heterocycles. The van der Waals surface area contributed by atoms with Crippen molar-refractivity contribution in [3.05, 3.63) is 64.4 Å². The number of hydrogen-bond acceptors (Lipinski definition) is 2. The third kappa shape index (κ3) is 2.77. The van der Waals surface area contributed by atoms with Crippen LogP contribution in [0.1, 0.15) is 30.1 Å². The van der Waals surface area contributed by atoms with Gasteiger partial charge in [0.1, 0.15) is 11.9 Å². The third-order valence-corrected chi connectivity index (χ3v) is 3.85. The molecule has 0 saturated heterocycles. The summed E-state index contributed by atoms with van der Waals surface area (Å²) >= 11 is 5.98. The van der Waals surface area contributed by atoms with Crippen LogP contribution in [0.2, 0.25) is 5.02 Å². The standard InChI is InChI=1S/C16H14ClFN2O/c1-9(10-3-2-4-11(17)7-10)19-15-13-8-12(18)5-6-14(13)20-16(15)21/h2-9,15,19H,1H3,(H,20,21). The first-order valence-electron chi connectivity index (χ1n) is 6.66. The number of amides is 1. The van der Waals surface area contributed by atoms with Crippen molar-refractivity contribution >= 4 is 23.2 Å². The maximum atomic E-state index is 13.4. The second-order valence-corrected chi connectivity index (χ2v) is 5.53. The summed E-state index contributed by atoms with van der Waals surface area (Å²) in [6, 6.07) is 11.1. The van der Waals surface area contributed by atoms with Gasteiger partial charge in [0.15, 0.2) is 0 Å². The molecule has 3 nitrogen and oxygen atoms in total. The van der Waals surface area contributed by atoms with E-state index in [4.69, 9.17) is 11.6 Å². The molecule has 108 valence electrons. The number of carbonyl (C=O) groups is 1. The molecule has 5 heteroatoms.